The first-order chi connectivity index (χ1) is 8.27. The summed E-state index contributed by atoms with van der Waals surface area (Å²) in [7, 11) is 0. The average Bonchev–Trinajstić information content (AvgIpc) is 3.10. The van der Waals surface area contributed by atoms with Gasteiger partial charge in [-0.3, -0.25) is 4.90 Å². The van der Waals surface area contributed by atoms with E-state index in [1.807, 2.05) is 4.90 Å². The van der Waals surface area contributed by atoms with E-state index in [1.54, 1.807) is 0 Å². The lowest BCUT2D eigenvalue weighted by Crippen LogP contribution is -2.49. The number of nitrogens with zero attached hydrogens (tertiary/aromatic N) is 2. The van der Waals surface area contributed by atoms with Crippen LogP contribution in [0.5, 0.6) is 0 Å². The molecule has 2 fully saturated rings. The van der Waals surface area contributed by atoms with E-state index in [1.165, 1.54) is 0 Å². The quantitative estimate of drug-likeness (QED) is 0.720. The fourth-order valence-electron chi connectivity index (χ4n) is 2.48. The van der Waals surface area contributed by atoms with Crippen LogP contribution in [0.25, 0.3) is 0 Å². The van der Waals surface area contributed by atoms with Gasteiger partial charge in [0.1, 0.15) is 0 Å². The van der Waals surface area contributed by atoms with Gasteiger partial charge >= 0.3 is 6.09 Å². The van der Waals surface area contributed by atoms with Crippen molar-refractivity contribution in [1.29, 1.82) is 0 Å². The molecular formula is C12H22N2O3. The van der Waals surface area contributed by atoms with Crippen molar-refractivity contribution in [2.45, 2.75) is 38.3 Å². The third-order valence-electron chi connectivity index (χ3n) is 3.57. The van der Waals surface area contributed by atoms with E-state index in [0.717, 1.165) is 38.9 Å². The number of ether oxygens (including phenoxy) is 1. The van der Waals surface area contributed by atoms with E-state index in [0.29, 0.717) is 18.7 Å². The van der Waals surface area contributed by atoms with Crippen LogP contribution in [-0.4, -0.2) is 65.9 Å². The maximum Gasteiger partial charge on any atom is 0.410 e. The third kappa shape index (κ3) is 2.90. The zero-order chi connectivity index (χ0) is 12.3. The van der Waals surface area contributed by atoms with Crippen molar-refractivity contribution in [2.24, 2.45) is 0 Å². The molecule has 5 heteroatoms. The summed E-state index contributed by atoms with van der Waals surface area (Å²) < 4.78 is 5.23. The van der Waals surface area contributed by atoms with Crippen LogP contribution in [-0.2, 0) is 4.74 Å². The molecule has 1 aliphatic heterocycles. The van der Waals surface area contributed by atoms with Crippen molar-refractivity contribution in [2.75, 3.05) is 32.8 Å². The van der Waals surface area contributed by atoms with Crippen LogP contribution < -0.4 is 0 Å². The van der Waals surface area contributed by atoms with Crippen molar-refractivity contribution >= 4 is 6.09 Å². The number of hydrogen-bond acceptors (Lipinski definition) is 4. The molecule has 5 nitrogen and oxygen atoms in total. The number of rotatable bonds is 5. The third-order valence-corrected chi connectivity index (χ3v) is 3.57. The van der Waals surface area contributed by atoms with Gasteiger partial charge in [0, 0.05) is 25.7 Å². The first kappa shape index (κ1) is 12.6. The highest BCUT2D eigenvalue weighted by Crippen LogP contribution is 2.36. The van der Waals surface area contributed by atoms with Gasteiger partial charge in [-0.1, -0.05) is 13.3 Å². The molecule has 1 amide bonds. The Bertz CT molecular complexity index is 272. The molecule has 2 rings (SSSR count). The Labute approximate surface area is 102 Å². The first-order valence-electron chi connectivity index (χ1n) is 6.56. The van der Waals surface area contributed by atoms with Crippen molar-refractivity contribution in [3.8, 4) is 0 Å². The Morgan fingerprint density at radius 3 is 2.94 bits per heavy atom. The summed E-state index contributed by atoms with van der Waals surface area (Å²) in [5.74, 6) is 0. The molecule has 2 unspecified atom stereocenters. The fraction of sp³-hybridized carbons (Fsp3) is 0.917. The van der Waals surface area contributed by atoms with Gasteiger partial charge in [0.05, 0.1) is 19.3 Å². The summed E-state index contributed by atoms with van der Waals surface area (Å²) in [5, 5.41) is 8.93. The molecule has 1 heterocycles. The average molecular weight is 242 g/mol. The number of fused-ring (bicyclic) bond motifs is 1. The summed E-state index contributed by atoms with van der Waals surface area (Å²) >= 11 is 0. The van der Waals surface area contributed by atoms with Crippen molar-refractivity contribution in [3.63, 3.8) is 0 Å². The van der Waals surface area contributed by atoms with E-state index in [9.17, 15) is 4.79 Å². The summed E-state index contributed by atoms with van der Waals surface area (Å²) in [4.78, 5) is 15.9. The second kappa shape index (κ2) is 5.69. The topological polar surface area (TPSA) is 53.0 Å². The zero-order valence-corrected chi connectivity index (χ0v) is 10.5. The van der Waals surface area contributed by atoms with E-state index in [2.05, 4.69) is 11.8 Å². The van der Waals surface area contributed by atoms with Gasteiger partial charge in [0.15, 0.2) is 0 Å². The molecule has 1 saturated carbocycles. The van der Waals surface area contributed by atoms with Crippen molar-refractivity contribution in [3.05, 3.63) is 0 Å². The van der Waals surface area contributed by atoms with E-state index < -0.39 is 0 Å². The Hall–Kier alpha value is -0.810. The normalized spacial score (nSPS) is 27.8. The Kier molecular flexibility index (Phi) is 4.23. The maximum absolute atomic E-state index is 11.8. The number of carbonyl (C=O) groups excluding carboxylic acids is 1. The van der Waals surface area contributed by atoms with Crippen LogP contribution in [0.1, 0.15) is 26.2 Å². The lowest BCUT2D eigenvalue weighted by Gasteiger charge is -2.33. The smallest absolute Gasteiger partial charge is 0.410 e. The second-order valence-electron chi connectivity index (χ2n) is 4.79. The van der Waals surface area contributed by atoms with Crippen LogP contribution in [0.15, 0.2) is 0 Å². The van der Waals surface area contributed by atoms with E-state index >= 15 is 0 Å². The van der Waals surface area contributed by atoms with Crippen molar-refractivity contribution in [1.82, 2.24) is 9.80 Å². The predicted molar refractivity (Wildman–Crippen MR) is 63.8 cm³/mol. The first-order valence-corrected chi connectivity index (χ1v) is 6.56. The predicted octanol–water partition coefficient (Wildman–Crippen LogP) is 0.674. The standard InChI is InChI=1S/C12H22N2O3/c1-2-3-8-17-12(16)14-5-4-13(6-7-15)10-9-11(10)14/h10-11,15H,2-9H2,1H3. The lowest BCUT2D eigenvalue weighted by molar-refractivity contribution is 0.0689. The van der Waals surface area contributed by atoms with E-state index in [-0.39, 0.29) is 12.7 Å². The molecule has 0 aromatic heterocycles. The number of unbranched alkanes of at least 4 members (excludes halogenated alkanes) is 1. The number of amides is 1. The minimum Gasteiger partial charge on any atom is -0.449 e. The molecule has 2 aliphatic rings. The lowest BCUT2D eigenvalue weighted by atomic mass is 10.3. The molecule has 98 valence electrons. The molecule has 0 bridgehead atoms. The van der Waals surface area contributed by atoms with Gasteiger partial charge in [0.25, 0.3) is 0 Å². The van der Waals surface area contributed by atoms with Gasteiger partial charge in [-0.15, -0.1) is 0 Å². The minimum atomic E-state index is -0.158. The van der Waals surface area contributed by atoms with E-state index in [4.69, 9.17) is 9.84 Å². The Morgan fingerprint density at radius 1 is 1.41 bits per heavy atom. The second-order valence-corrected chi connectivity index (χ2v) is 4.79. The molecule has 17 heavy (non-hydrogen) atoms. The number of β-amino-alcohol motifs (C(OH)–C–C–N with tert-alkyl or cyclic N) is 1. The van der Waals surface area contributed by atoms with Crippen LogP contribution >= 0.6 is 0 Å². The number of hydrogen-bond donors (Lipinski definition) is 1. The summed E-state index contributed by atoms with van der Waals surface area (Å²) in [6.07, 6.45) is 2.85. The monoisotopic (exact) mass is 242 g/mol. The van der Waals surface area contributed by atoms with Crippen LogP contribution in [0, 0.1) is 0 Å². The van der Waals surface area contributed by atoms with Crippen LogP contribution in [0.4, 0.5) is 4.79 Å². The van der Waals surface area contributed by atoms with Gasteiger partial charge in [-0.25, -0.2) is 4.79 Å². The summed E-state index contributed by atoms with van der Waals surface area (Å²) in [6, 6.07) is 0.777. The highest BCUT2D eigenvalue weighted by atomic mass is 16.6. The molecule has 1 aliphatic carbocycles. The summed E-state index contributed by atoms with van der Waals surface area (Å²) in [5.41, 5.74) is 0. The highest BCUT2D eigenvalue weighted by molar-refractivity contribution is 5.69. The van der Waals surface area contributed by atoms with Gasteiger partial charge < -0.3 is 14.7 Å². The molecule has 0 spiro atoms. The van der Waals surface area contributed by atoms with Gasteiger partial charge in [-0.2, -0.15) is 0 Å². The maximum atomic E-state index is 11.8. The highest BCUT2D eigenvalue weighted by Gasteiger charge is 2.50. The SMILES string of the molecule is CCCCOC(=O)N1CCN(CCO)C2CC21. The molecule has 0 aromatic rings. The Morgan fingerprint density at radius 2 is 2.24 bits per heavy atom. The van der Waals surface area contributed by atoms with Gasteiger partial charge in [0.2, 0.25) is 0 Å². The largest absolute Gasteiger partial charge is 0.449 e. The van der Waals surface area contributed by atoms with Crippen LogP contribution in [0.2, 0.25) is 0 Å². The Balaban J connectivity index is 1.76. The molecule has 2 atom stereocenters. The number of piperazine rings is 1. The molecule has 0 aromatic carbocycles. The fourth-order valence-corrected chi connectivity index (χ4v) is 2.48. The number of aliphatic hydroxyl groups is 1. The van der Waals surface area contributed by atoms with Crippen molar-refractivity contribution < 1.29 is 14.6 Å². The minimum absolute atomic E-state index is 0.158. The number of aliphatic hydroxyl groups excluding tert-OH is 1. The zero-order valence-electron chi connectivity index (χ0n) is 10.5. The molecule has 1 saturated heterocycles. The van der Waals surface area contributed by atoms with Gasteiger partial charge in [-0.05, 0) is 12.8 Å². The molecule has 1 N–H and O–H groups in total. The molecule has 0 radical (unpaired) electrons. The van der Waals surface area contributed by atoms with Crippen LogP contribution in [0.3, 0.4) is 0 Å². The summed E-state index contributed by atoms with van der Waals surface area (Å²) in [6.45, 7) is 5.11. The molecular weight excluding hydrogens is 220 g/mol. The number of carbonyl (C=O) groups is 1.